The second-order valence-corrected chi connectivity index (χ2v) is 4.52. The number of carboxylic acid groups (broad SMARTS) is 2. The van der Waals surface area contributed by atoms with Crippen molar-refractivity contribution < 1.29 is 29.4 Å². The highest BCUT2D eigenvalue weighted by atomic mass is 16.4. The highest BCUT2D eigenvalue weighted by Gasteiger charge is 2.23. The molecule has 0 aliphatic rings. The van der Waals surface area contributed by atoms with Crippen molar-refractivity contribution >= 4 is 23.9 Å². The second-order valence-electron chi connectivity index (χ2n) is 4.52. The van der Waals surface area contributed by atoms with E-state index in [1.165, 1.54) is 11.8 Å². The van der Waals surface area contributed by atoms with Gasteiger partial charge in [0.2, 0.25) is 5.91 Å². The van der Waals surface area contributed by atoms with Crippen molar-refractivity contribution in [1.29, 1.82) is 0 Å². The molecule has 2 atom stereocenters. The molecular weight excluding hydrogens is 282 g/mol. The summed E-state index contributed by atoms with van der Waals surface area (Å²) in [7, 11) is 1.57. The summed E-state index contributed by atoms with van der Waals surface area (Å²) in [6.45, 7) is 3.72. The molecule has 0 aliphatic heterocycles. The van der Waals surface area contributed by atoms with Crippen LogP contribution in [-0.4, -0.2) is 64.7 Å². The van der Waals surface area contributed by atoms with E-state index in [9.17, 15) is 19.2 Å². The predicted octanol–water partition coefficient (Wildman–Crippen LogP) is -0.530. The first-order valence-electron chi connectivity index (χ1n) is 6.45. The minimum absolute atomic E-state index is 0.241. The first-order chi connectivity index (χ1) is 9.68. The van der Waals surface area contributed by atoms with Crippen LogP contribution < -0.4 is 10.6 Å². The minimum atomic E-state index is -1.34. The minimum Gasteiger partial charge on any atom is -0.481 e. The van der Waals surface area contributed by atoms with E-state index in [1.807, 2.05) is 0 Å². The van der Waals surface area contributed by atoms with Crippen molar-refractivity contribution in [2.24, 2.45) is 0 Å². The van der Waals surface area contributed by atoms with Crippen molar-refractivity contribution in [2.75, 3.05) is 13.6 Å². The monoisotopic (exact) mass is 303 g/mol. The van der Waals surface area contributed by atoms with Crippen LogP contribution in [0, 0.1) is 0 Å². The van der Waals surface area contributed by atoms with Crippen molar-refractivity contribution in [3.8, 4) is 0 Å². The number of amides is 3. The fourth-order valence-electron chi connectivity index (χ4n) is 1.47. The van der Waals surface area contributed by atoms with Crippen LogP contribution in [0.4, 0.5) is 4.79 Å². The van der Waals surface area contributed by atoms with Crippen LogP contribution in [0.25, 0.3) is 0 Å². The van der Waals surface area contributed by atoms with Gasteiger partial charge in [0.15, 0.2) is 0 Å². The summed E-state index contributed by atoms with van der Waals surface area (Å²) in [5, 5.41) is 21.9. The summed E-state index contributed by atoms with van der Waals surface area (Å²) in [4.78, 5) is 46.1. The van der Waals surface area contributed by atoms with Gasteiger partial charge < -0.3 is 25.7 Å². The van der Waals surface area contributed by atoms with Gasteiger partial charge in [0, 0.05) is 20.0 Å². The van der Waals surface area contributed by atoms with Gasteiger partial charge in [-0.25, -0.2) is 9.59 Å². The van der Waals surface area contributed by atoms with Crippen LogP contribution in [-0.2, 0) is 14.4 Å². The lowest BCUT2D eigenvalue weighted by Crippen LogP contribution is -2.52. The molecule has 4 N–H and O–H groups in total. The zero-order chi connectivity index (χ0) is 16.6. The molecule has 120 valence electrons. The topological polar surface area (TPSA) is 136 Å². The van der Waals surface area contributed by atoms with Gasteiger partial charge in [-0.1, -0.05) is 0 Å². The average Bonchev–Trinajstić information content (AvgIpc) is 2.40. The second kappa shape index (κ2) is 8.77. The van der Waals surface area contributed by atoms with E-state index in [2.05, 4.69) is 10.6 Å². The summed E-state index contributed by atoms with van der Waals surface area (Å²) in [5.41, 5.74) is 0. The number of aliphatic carboxylic acids is 2. The standard InChI is InChI=1S/C12H21N3O6/c1-4-15(3)10(18)7(2)13-12(21)14-8(11(19)20)5-6-9(16)17/h7-8H,4-6H2,1-3H3,(H,16,17)(H,19,20)(H2,13,14,21)/t7?,8-/m0/s1. The first-order valence-corrected chi connectivity index (χ1v) is 6.45. The van der Waals surface area contributed by atoms with E-state index >= 15 is 0 Å². The first kappa shape index (κ1) is 18.7. The Morgan fingerprint density at radius 3 is 2.14 bits per heavy atom. The number of carbonyl (C=O) groups excluding carboxylic acids is 2. The van der Waals surface area contributed by atoms with Gasteiger partial charge in [0.1, 0.15) is 12.1 Å². The number of carboxylic acids is 2. The number of urea groups is 1. The summed E-state index contributed by atoms with van der Waals surface area (Å²) in [6.07, 6.45) is -0.625. The summed E-state index contributed by atoms with van der Waals surface area (Å²) >= 11 is 0. The maximum absolute atomic E-state index is 11.7. The Labute approximate surface area is 122 Å². The van der Waals surface area contributed by atoms with Crippen molar-refractivity contribution in [2.45, 2.75) is 38.8 Å². The van der Waals surface area contributed by atoms with E-state index in [0.717, 1.165) is 0 Å². The van der Waals surface area contributed by atoms with Gasteiger partial charge >= 0.3 is 18.0 Å². The van der Waals surface area contributed by atoms with Gasteiger partial charge in [-0.15, -0.1) is 0 Å². The zero-order valence-corrected chi connectivity index (χ0v) is 12.3. The van der Waals surface area contributed by atoms with E-state index in [1.54, 1.807) is 14.0 Å². The Balaban J connectivity index is 4.46. The molecule has 0 spiro atoms. The normalized spacial score (nSPS) is 12.9. The van der Waals surface area contributed by atoms with Gasteiger partial charge in [-0.3, -0.25) is 9.59 Å². The quantitative estimate of drug-likeness (QED) is 0.476. The Bertz CT molecular complexity index is 412. The number of hydrogen-bond donors (Lipinski definition) is 4. The molecule has 0 saturated carbocycles. The number of likely N-dealkylation sites (N-methyl/N-ethyl adjacent to an activating group) is 1. The lowest BCUT2D eigenvalue weighted by atomic mass is 10.1. The van der Waals surface area contributed by atoms with Crippen LogP contribution in [0.15, 0.2) is 0 Å². The SMILES string of the molecule is CCN(C)C(=O)C(C)NC(=O)N[C@@H](CCC(=O)O)C(=O)O. The van der Waals surface area contributed by atoms with Crippen molar-refractivity contribution in [3.63, 3.8) is 0 Å². The molecule has 0 heterocycles. The summed E-state index contributed by atoms with van der Waals surface area (Å²) < 4.78 is 0. The molecular formula is C12H21N3O6. The fraction of sp³-hybridized carbons (Fsp3) is 0.667. The maximum atomic E-state index is 11.7. The third kappa shape index (κ3) is 7.14. The highest BCUT2D eigenvalue weighted by molar-refractivity contribution is 5.88. The van der Waals surface area contributed by atoms with Crippen molar-refractivity contribution in [3.05, 3.63) is 0 Å². The van der Waals surface area contributed by atoms with Crippen LogP contribution in [0.3, 0.4) is 0 Å². The molecule has 0 bridgehead atoms. The molecule has 0 rings (SSSR count). The van der Waals surface area contributed by atoms with Gasteiger partial charge in [0.25, 0.3) is 0 Å². The highest BCUT2D eigenvalue weighted by Crippen LogP contribution is 1.99. The smallest absolute Gasteiger partial charge is 0.326 e. The third-order valence-corrected chi connectivity index (χ3v) is 2.82. The predicted molar refractivity (Wildman–Crippen MR) is 72.7 cm³/mol. The van der Waals surface area contributed by atoms with Crippen LogP contribution >= 0.6 is 0 Å². The maximum Gasteiger partial charge on any atom is 0.326 e. The fourth-order valence-corrected chi connectivity index (χ4v) is 1.47. The van der Waals surface area contributed by atoms with Gasteiger partial charge in [-0.2, -0.15) is 0 Å². The van der Waals surface area contributed by atoms with E-state index in [-0.39, 0.29) is 18.7 Å². The van der Waals surface area contributed by atoms with Crippen LogP contribution in [0.5, 0.6) is 0 Å². The molecule has 0 aromatic heterocycles. The number of nitrogens with one attached hydrogen (secondary N) is 2. The summed E-state index contributed by atoms with van der Waals surface area (Å²) in [6, 6.07) is -2.98. The molecule has 1 unspecified atom stereocenters. The molecule has 9 nitrogen and oxygen atoms in total. The molecule has 0 radical (unpaired) electrons. The Hall–Kier alpha value is -2.32. The number of nitrogens with zero attached hydrogens (tertiary/aromatic N) is 1. The molecule has 9 heteroatoms. The molecule has 0 aromatic carbocycles. The molecule has 3 amide bonds. The van der Waals surface area contributed by atoms with Crippen molar-refractivity contribution in [1.82, 2.24) is 15.5 Å². The molecule has 0 aliphatic carbocycles. The van der Waals surface area contributed by atoms with Gasteiger partial charge in [0.05, 0.1) is 0 Å². The molecule has 21 heavy (non-hydrogen) atoms. The van der Waals surface area contributed by atoms with Gasteiger partial charge in [-0.05, 0) is 20.3 Å². The summed E-state index contributed by atoms with van der Waals surface area (Å²) in [5.74, 6) is -2.81. The Morgan fingerprint density at radius 1 is 1.14 bits per heavy atom. The number of carbonyl (C=O) groups is 4. The molecule has 0 saturated heterocycles. The molecule has 0 aromatic rings. The van der Waals surface area contributed by atoms with Crippen LogP contribution in [0.2, 0.25) is 0 Å². The number of hydrogen-bond acceptors (Lipinski definition) is 4. The van der Waals surface area contributed by atoms with Crippen LogP contribution in [0.1, 0.15) is 26.7 Å². The van der Waals surface area contributed by atoms with E-state index in [0.29, 0.717) is 6.54 Å². The van der Waals surface area contributed by atoms with E-state index < -0.39 is 30.1 Å². The number of rotatable bonds is 8. The van der Waals surface area contributed by atoms with E-state index in [4.69, 9.17) is 10.2 Å². The Morgan fingerprint density at radius 2 is 1.71 bits per heavy atom. The average molecular weight is 303 g/mol. The largest absolute Gasteiger partial charge is 0.481 e. The Kier molecular flexibility index (Phi) is 7.80. The lowest BCUT2D eigenvalue weighted by molar-refractivity contribution is -0.140. The molecule has 0 fully saturated rings. The zero-order valence-electron chi connectivity index (χ0n) is 12.3. The lowest BCUT2D eigenvalue weighted by Gasteiger charge is -2.21. The third-order valence-electron chi connectivity index (χ3n) is 2.82.